The lowest BCUT2D eigenvalue weighted by Crippen LogP contribution is -2.22. The van der Waals surface area contributed by atoms with Crippen molar-refractivity contribution in [2.45, 2.75) is 19.9 Å². The largest absolute Gasteiger partial charge is 0.490 e. The number of aryl methyl sites for hydroxylation is 1. The van der Waals surface area contributed by atoms with Crippen molar-refractivity contribution in [1.82, 2.24) is 0 Å². The van der Waals surface area contributed by atoms with E-state index in [9.17, 15) is 0 Å². The van der Waals surface area contributed by atoms with Crippen molar-refractivity contribution in [3.05, 3.63) is 41.9 Å². The smallest absolute Gasteiger partial charge is 0.193 e. The predicted octanol–water partition coefficient (Wildman–Crippen LogP) is 2.68. The molecule has 3 rings (SSSR count). The molecule has 0 unspecified atom stereocenters. The highest BCUT2D eigenvalue weighted by Gasteiger charge is 2.11. The molecule has 6 nitrogen and oxygen atoms in total. The first-order valence-electron chi connectivity index (χ1n) is 7.22. The van der Waals surface area contributed by atoms with E-state index in [0.717, 1.165) is 34.9 Å². The Morgan fingerprint density at radius 1 is 1.23 bits per heavy atom. The lowest BCUT2D eigenvalue weighted by atomic mass is 10.2. The second-order valence-corrected chi connectivity index (χ2v) is 5.07. The maximum absolute atomic E-state index is 5.90. The zero-order chi connectivity index (χ0) is 15.4. The Labute approximate surface area is 128 Å². The van der Waals surface area contributed by atoms with Crippen LogP contribution < -0.4 is 20.5 Å². The minimum atomic E-state index is 0.324. The molecule has 6 heteroatoms. The van der Waals surface area contributed by atoms with Crippen LogP contribution in [0.4, 0.5) is 5.69 Å². The number of nitrogens with two attached hydrogens (primary N) is 1. The molecule has 0 saturated heterocycles. The van der Waals surface area contributed by atoms with E-state index in [-0.39, 0.29) is 0 Å². The average Bonchev–Trinajstić information content (AvgIpc) is 2.78. The average molecular weight is 301 g/mol. The first-order chi connectivity index (χ1) is 10.7. The molecule has 3 N–H and O–H groups in total. The summed E-state index contributed by atoms with van der Waals surface area (Å²) in [7, 11) is 0. The second-order valence-electron chi connectivity index (χ2n) is 5.07. The Morgan fingerprint density at radius 3 is 2.82 bits per heavy atom. The van der Waals surface area contributed by atoms with Crippen molar-refractivity contribution >= 4 is 11.6 Å². The van der Waals surface area contributed by atoms with E-state index in [2.05, 4.69) is 10.3 Å². The standard InChI is InChI=1S/C16H19N3O3/c1-11-5-8-22-15(11)10-18-16(17)19-12-3-4-13-14(9-12)21-7-2-6-20-13/h3-5,8-9H,2,6-7,10H2,1H3,(H3,17,18,19). The summed E-state index contributed by atoms with van der Waals surface area (Å²) in [6.45, 7) is 3.70. The molecule has 116 valence electrons. The zero-order valence-electron chi connectivity index (χ0n) is 12.5. The third-order valence-corrected chi connectivity index (χ3v) is 3.38. The van der Waals surface area contributed by atoms with Crippen LogP contribution in [0.5, 0.6) is 11.5 Å². The molecule has 1 aromatic heterocycles. The number of nitrogens with one attached hydrogen (secondary N) is 1. The van der Waals surface area contributed by atoms with Gasteiger partial charge in [0, 0.05) is 18.2 Å². The molecule has 1 aromatic carbocycles. The predicted molar refractivity (Wildman–Crippen MR) is 84.4 cm³/mol. The summed E-state index contributed by atoms with van der Waals surface area (Å²) in [5, 5.41) is 3.04. The van der Waals surface area contributed by atoms with Gasteiger partial charge in [0.15, 0.2) is 17.5 Å². The van der Waals surface area contributed by atoms with Crippen LogP contribution in [-0.4, -0.2) is 19.2 Å². The number of nitrogens with zero attached hydrogens (tertiary/aromatic N) is 1. The first kappa shape index (κ1) is 14.3. The van der Waals surface area contributed by atoms with Crippen LogP contribution >= 0.6 is 0 Å². The van der Waals surface area contributed by atoms with Crippen molar-refractivity contribution in [3.8, 4) is 11.5 Å². The summed E-state index contributed by atoms with van der Waals surface area (Å²) < 4.78 is 16.6. The van der Waals surface area contributed by atoms with Gasteiger partial charge in [0.1, 0.15) is 12.3 Å². The van der Waals surface area contributed by atoms with Crippen LogP contribution in [0, 0.1) is 6.92 Å². The normalized spacial score (nSPS) is 14.5. The maximum atomic E-state index is 5.90. The second kappa shape index (κ2) is 6.43. The molecular weight excluding hydrogens is 282 g/mol. The van der Waals surface area contributed by atoms with Gasteiger partial charge in [0.2, 0.25) is 0 Å². The summed E-state index contributed by atoms with van der Waals surface area (Å²) in [6.07, 6.45) is 2.52. The number of anilines is 1. The molecule has 1 aliphatic heterocycles. The van der Waals surface area contributed by atoms with Crippen LogP contribution in [0.2, 0.25) is 0 Å². The molecule has 0 fully saturated rings. The molecule has 0 amide bonds. The van der Waals surface area contributed by atoms with Gasteiger partial charge in [-0.05, 0) is 30.7 Å². The Balaban J connectivity index is 1.67. The van der Waals surface area contributed by atoms with Gasteiger partial charge in [-0.2, -0.15) is 0 Å². The minimum absolute atomic E-state index is 0.324. The highest BCUT2D eigenvalue weighted by molar-refractivity contribution is 5.92. The number of hydrogen-bond acceptors (Lipinski definition) is 4. The van der Waals surface area contributed by atoms with Gasteiger partial charge in [-0.25, -0.2) is 4.99 Å². The van der Waals surface area contributed by atoms with Crippen molar-refractivity contribution in [2.24, 2.45) is 10.7 Å². The number of benzene rings is 1. The summed E-state index contributed by atoms with van der Waals surface area (Å²) in [6, 6.07) is 7.51. The van der Waals surface area contributed by atoms with E-state index in [1.54, 1.807) is 6.26 Å². The summed E-state index contributed by atoms with van der Waals surface area (Å²) >= 11 is 0. The summed E-state index contributed by atoms with van der Waals surface area (Å²) in [4.78, 5) is 4.27. The SMILES string of the molecule is Cc1ccoc1CN=C(N)Nc1ccc2c(c1)OCCCO2. The van der Waals surface area contributed by atoms with Gasteiger partial charge in [0.25, 0.3) is 0 Å². The third kappa shape index (κ3) is 3.33. The number of hydrogen-bond donors (Lipinski definition) is 2. The molecule has 2 aromatic rings. The Hall–Kier alpha value is -2.63. The van der Waals surface area contributed by atoms with Gasteiger partial charge in [-0.1, -0.05) is 0 Å². The number of fused-ring (bicyclic) bond motifs is 1. The van der Waals surface area contributed by atoms with Crippen LogP contribution in [0.3, 0.4) is 0 Å². The Bertz CT molecular complexity index is 679. The molecule has 2 heterocycles. The number of furan rings is 1. The fourth-order valence-corrected chi connectivity index (χ4v) is 2.15. The van der Waals surface area contributed by atoms with Crippen molar-refractivity contribution in [2.75, 3.05) is 18.5 Å². The van der Waals surface area contributed by atoms with Crippen LogP contribution in [0.1, 0.15) is 17.7 Å². The molecule has 0 bridgehead atoms. The molecular formula is C16H19N3O3. The summed E-state index contributed by atoms with van der Waals surface area (Å²) in [5.74, 6) is 2.61. The van der Waals surface area contributed by atoms with Gasteiger partial charge in [-0.15, -0.1) is 0 Å². The van der Waals surface area contributed by atoms with E-state index in [1.807, 2.05) is 31.2 Å². The van der Waals surface area contributed by atoms with E-state index < -0.39 is 0 Å². The highest BCUT2D eigenvalue weighted by atomic mass is 16.5. The quantitative estimate of drug-likeness (QED) is 0.673. The monoisotopic (exact) mass is 301 g/mol. The first-order valence-corrected chi connectivity index (χ1v) is 7.22. The fraction of sp³-hybridized carbons (Fsp3) is 0.312. The molecule has 0 aliphatic carbocycles. The zero-order valence-corrected chi connectivity index (χ0v) is 12.5. The molecule has 22 heavy (non-hydrogen) atoms. The molecule has 1 aliphatic rings. The summed E-state index contributed by atoms with van der Waals surface area (Å²) in [5.41, 5.74) is 7.77. The highest BCUT2D eigenvalue weighted by Crippen LogP contribution is 2.32. The number of rotatable bonds is 3. The Morgan fingerprint density at radius 2 is 2.05 bits per heavy atom. The molecule has 0 spiro atoms. The minimum Gasteiger partial charge on any atom is -0.490 e. The third-order valence-electron chi connectivity index (χ3n) is 3.38. The Kier molecular flexibility index (Phi) is 4.18. The molecule has 0 saturated carbocycles. The fourth-order valence-electron chi connectivity index (χ4n) is 2.15. The van der Waals surface area contributed by atoms with E-state index in [4.69, 9.17) is 19.6 Å². The van der Waals surface area contributed by atoms with E-state index in [0.29, 0.717) is 25.7 Å². The van der Waals surface area contributed by atoms with E-state index >= 15 is 0 Å². The lowest BCUT2D eigenvalue weighted by Gasteiger charge is -2.10. The van der Waals surface area contributed by atoms with Gasteiger partial charge >= 0.3 is 0 Å². The number of guanidine groups is 1. The van der Waals surface area contributed by atoms with Crippen LogP contribution in [0.15, 0.2) is 39.9 Å². The van der Waals surface area contributed by atoms with Crippen molar-refractivity contribution < 1.29 is 13.9 Å². The topological polar surface area (TPSA) is 82.0 Å². The van der Waals surface area contributed by atoms with Gasteiger partial charge < -0.3 is 24.9 Å². The number of ether oxygens (including phenoxy) is 2. The number of aliphatic imine (C=N–C) groups is 1. The van der Waals surface area contributed by atoms with Gasteiger partial charge in [0.05, 0.1) is 19.5 Å². The molecule has 0 radical (unpaired) electrons. The maximum Gasteiger partial charge on any atom is 0.193 e. The van der Waals surface area contributed by atoms with Crippen LogP contribution in [0.25, 0.3) is 0 Å². The van der Waals surface area contributed by atoms with Crippen LogP contribution in [-0.2, 0) is 6.54 Å². The lowest BCUT2D eigenvalue weighted by molar-refractivity contribution is 0.297. The van der Waals surface area contributed by atoms with Crippen molar-refractivity contribution in [3.63, 3.8) is 0 Å². The van der Waals surface area contributed by atoms with Crippen molar-refractivity contribution in [1.29, 1.82) is 0 Å². The van der Waals surface area contributed by atoms with E-state index in [1.165, 1.54) is 0 Å². The van der Waals surface area contributed by atoms with Gasteiger partial charge in [-0.3, -0.25) is 0 Å². The molecule has 0 atom stereocenters.